The molecule has 1 heterocycles. The lowest BCUT2D eigenvalue weighted by Crippen LogP contribution is -1.86. The summed E-state index contributed by atoms with van der Waals surface area (Å²) in [4.78, 5) is 3.58. The Hall–Kier alpha value is -0.440. The van der Waals surface area contributed by atoms with E-state index in [1.165, 1.54) is 6.07 Å². The zero-order valence-corrected chi connectivity index (χ0v) is 6.23. The van der Waals surface area contributed by atoms with Gasteiger partial charge in [0.15, 0.2) is 0 Å². The molecule has 0 saturated heterocycles. The predicted molar refractivity (Wildman–Crippen MR) is 36.8 cm³/mol. The van der Waals surface area contributed by atoms with Gasteiger partial charge in [0.05, 0.1) is 5.69 Å². The number of nitrogens with zero attached hydrogens (tertiary/aromatic N) is 1. The molecule has 0 aromatic carbocycles. The van der Waals surface area contributed by atoms with Crippen molar-refractivity contribution in [1.29, 1.82) is 0 Å². The van der Waals surface area contributed by atoms with Gasteiger partial charge >= 0.3 is 0 Å². The van der Waals surface area contributed by atoms with Crippen molar-refractivity contribution in [2.24, 2.45) is 0 Å². The van der Waals surface area contributed by atoms with E-state index in [0.29, 0.717) is 5.33 Å². The van der Waals surface area contributed by atoms with E-state index in [1.807, 2.05) is 0 Å². The van der Waals surface area contributed by atoms with Gasteiger partial charge in [0.1, 0.15) is 0 Å². The number of rotatable bonds is 1. The third kappa shape index (κ3) is 1.75. The highest BCUT2D eigenvalue weighted by Gasteiger charge is 1.91. The maximum Gasteiger partial charge on any atom is 0.213 e. The SMILES string of the molecule is Fc1cccc(CBr)n1. The molecule has 0 atom stereocenters. The van der Waals surface area contributed by atoms with Crippen LogP contribution in [0.25, 0.3) is 0 Å². The summed E-state index contributed by atoms with van der Waals surface area (Å²) >= 11 is 3.16. The Bertz CT molecular complexity index is 202. The topological polar surface area (TPSA) is 12.9 Å². The Kier molecular flexibility index (Phi) is 2.16. The molecule has 0 spiro atoms. The first kappa shape index (κ1) is 6.68. The van der Waals surface area contributed by atoms with E-state index < -0.39 is 5.95 Å². The Morgan fingerprint density at radius 2 is 2.33 bits per heavy atom. The van der Waals surface area contributed by atoms with Gasteiger partial charge in [0, 0.05) is 5.33 Å². The van der Waals surface area contributed by atoms with E-state index in [2.05, 4.69) is 20.9 Å². The van der Waals surface area contributed by atoms with Crippen LogP contribution in [0.5, 0.6) is 0 Å². The van der Waals surface area contributed by atoms with Crippen molar-refractivity contribution in [2.75, 3.05) is 0 Å². The van der Waals surface area contributed by atoms with Gasteiger partial charge in [-0.05, 0) is 12.1 Å². The number of hydrogen-bond donors (Lipinski definition) is 0. The Morgan fingerprint density at radius 3 is 2.78 bits per heavy atom. The molecule has 0 bridgehead atoms. The maximum absolute atomic E-state index is 12.2. The lowest BCUT2D eigenvalue weighted by Gasteiger charge is -1.90. The van der Waals surface area contributed by atoms with Crippen molar-refractivity contribution < 1.29 is 4.39 Å². The summed E-state index contributed by atoms with van der Waals surface area (Å²) in [6.45, 7) is 0. The first-order chi connectivity index (χ1) is 4.33. The lowest BCUT2D eigenvalue weighted by molar-refractivity contribution is 0.580. The van der Waals surface area contributed by atoms with Crippen molar-refractivity contribution >= 4 is 15.9 Å². The average molecular weight is 190 g/mol. The molecule has 0 aliphatic rings. The van der Waals surface area contributed by atoms with Gasteiger partial charge in [0.2, 0.25) is 5.95 Å². The molecule has 0 radical (unpaired) electrons. The van der Waals surface area contributed by atoms with Crippen LogP contribution in [0.3, 0.4) is 0 Å². The minimum atomic E-state index is -0.424. The molecule has 0 saturated carbocycles. The van der Waals surface area contributed by atoms with E-state index in [9.17, 15) is 4.39 Å². The monoisotopic (exact) mass is 189 g/mol. The number of halogens is 2. The van der Waals surface area contributed by atoms with E-state index in [1.54, 1.807) is 12.1 Å². The molecule has 1 nitrogen and oxygen atoms in total. The lowest BCUT2D eigenvalue weighted by atomic mass is 10.4. The Balaban J connectivity index is 2.94. The summed E-state index contributed by atoms with van der Waals surface area (Å²) in [6, 6.07) is 4.73. The smallest absolute Gasteiger partial charge is 0.213 e. The van der Waals surface area contributed by atoms with Gasteiger partial charge in [-0.2, -0.15) is 4.39 Å². The van der Waals surface area contributed by atoms with E-state index >= 15 is 0 Å². The molecule has 48 valence electrons. The molecule has 0 fully saturated rings. The van der Waals surface area contributed by atoms with Crippen molar-refractivity contribution in [3.05, 3.63) is 29.8 Å². The summed E-state index contributed by atoms with van der Waals surface area (Å²) in [7, 11) is 0. The summed E-state index contributed by atoms with van der Waals surface area (Å²) in [5.74, 6) is -0.424. The van der Waals surface area contributed by atoms with Gasteiger partial charge in [0.25, 0.3) is 0 Å². The summed E-state index contributed by atoms with van der Waals surface area (Å²) in [5, 5.41) is 0.602. The van der Waals surface area contributed by atoms with Crippen molar-refractivity contribution in [1.82, 2.24) is 4.98 Å². The summed E-state index contributed by atoms with van der Waals surface area (Å²) < 4.78 is 12.2. The minimum absolute atomic E-state index is 0.424. The van der Waals surface area contributed by atoms with Crippen LogP contribution in [-0.2, 0) is 5.33 Å². The standard InChI is InChI=1S/C6H5BrFN/c7-4-5-2-1-3-6(8)9-5/h1-3H,4H2. The number of hydrogen-bond acceptors (Lipinski definition) is 1. The van der Waals surface area contributed by atoms with Crippen LogP contribution >= 0.6 is 15.9 Å². The Labute approximate surface area is 61.0 Å². The summed E-state index contributed by atoms with van der Waals surface area (Å²) in [5.41, 5.74) is 0.718. The fourth-order valence-electron chi connectivity index (χ4n) is 0.525. The third-order valence-electron chi connectivity index (χ3n) is 0.910. The molecule has 1 aromatic heterocycles. The fraction of sp³-hybridized carbons (Fsp3) is 0.167. The third-order valence-corrected chi connectivity index (χ3v) is 1.48. The highest BCUT2D eigenvalue weighted by Crippen LogP contribution is 2.01. The van der Waals surface area contributed by atoms with Crippen LogP contribution in [0.4, 0.5) is 4.39 Å². The van der Waals surface area contributed by atoms with Crippen LogP contribution < -0.4 is 0 Å². The molecule has 9 heavy (non-hydrogen) atoms. The second-order valence-electron chi connectivity index (χ2n) is 1.59. The Morgan fingerprint density at radius 1 is 1.56 bits per heavy atom. The number of alkyl halides is 1. The molecule has 0 amide bonds. The molecule has 1 aromatic rings. The van der Waals surface area contributed by atoms with Crippen molar-refractivity contribution in [2.45, 2.75) is 5.33 Å². The highest BCUT2D eigenvalue weighted by molar-refractivity contribution is 9.08. The molecule has 1 rings (SSSR count). The van der Waals surface area contributed by atoms with Crippen molar-refractivity contribution in [3.8, 4) is 0 Å². The quantitative estimate of drug-likeness (QED) is 0.488. The van der Waals surface area contributed by atoms with Gasteiger partial charge < -0.3 is 0 Å². The molecule has 0 aliphatic heterocycles. The second kappa shape index (κ2) is 2.92. The first-order valence-corrected chi connectivity index (χ1v) is 3.62. The highest BCUT2D eigenvalue weighted by atomic mass is 79.9. The van der Waals surface area contributed by atoms with Gasteiger partial charge in [-0.1, -0.05) is 22.0 Å². The minimum Gasteiger partial charge on any atom is -0.224 e. The maximum atomic E-state index is 12.2. The van der Waals surface area contributed by atoms with E-state index in [4.69, 9.17) is 0 Å². The van der Waals surface area contributed by atoms with Crippen LogP contribution in [-0.4, -0.2) is 4.98 Å². The van der Waals surface area contributed by atoms with Crippen LogP contribution in [0, 0.1) is 5.95 Å². The van der Waals surface area contributed by atoms with Gasteiger partial charge in [-0.3, -0.25) is 0 Å². The van der Waals surface area contributed by atoms with E-state index in [0.717, 1.165) is 5.69 Å². The zero-order chi connectivity index (χ0) is 6.69. The van der Waals surface area contributed by atoms with Gasteiger partial charge in [-0.25, -0.2) is 4.98 Å². The molecule has 0 N–H and O–H groups in total. The molecule has 0 unspecified atom stereocenters. The predicted octanol–water partition coefficient (Wildman–Crippen LogP) is 2.12. The van der Waals surface area contributed by atoms with E-state index in [-0.39, 0.29) is 0 Å². The molecule has 0 aliphatic carbocycles. The van der Waals surface area contributed by atoms with Gasteiger partial charge in [-0.15, -0.1) is 0 Å². The van der Waals surface area contributed by atoms with Crippen molar-refractivity contribution in [3.63, 3.8) is 0 Å². The van der Waals surface area contributed by atoms with Crippen LogP contribution in [0.2, 0.25) is 0 Å². The van der Waals surface area contributed by atoms with Crippen LogP contribution in [0.15, 0.2) is 18.2 Å². The number of aromatic nitrogens is 1. The molecular weight excluding hydrogens is 185 g/mol. The number of pyridine rings is 1. The molecule has 3 heteroatoms. The summed E-state index contributed by atoms with van der Waals surface area (Å²) in [6.07, 6.45) is 0. The largest absolute Gasteiger partial charge is 0.224 e. The fourth-order valence-corrected chi connectivity index (χ4v) is 0.837. The average Bonchev–Trinajstić information content (AvgIpc) is 1.88. The second-order valence-corrected chi connectivity index (χ2v) is 2.15. The van der Waals surface area contributed by atoms with Crippen LogP contribution in [0.1, 0.15) is 5.69 Å². The molecular formula is C6H5BrFN. The first-order valence-electron chi connectivity index (χ1n) is 2.50. The normalized spacial score (nSPS) is 9.56. The zero-order valence-electron chi connectivity index (χ0n) is 4.64.